The summed E-state index contributed by atoms with van der Waals surface area (Å²) in [4.78, 5) is 10.7. The summed E-state index contributed by atoms with van der Waals surface area (Å²) >= 11 is 0. The van der Waals surface area contributed by atoms with Crippen LogP contribution in [0.3, 0.4) is 0 Å². The van der Waals surface area contributed by atoms with E-state index in [-0.39, 0.29) is 5.91 Å². The highest BCUT2D eigenvalue weighted by Gasteiger charge is 2.05. The number of rotatable bonds is 4. The van der Waals surface area contributed by atoms with Crippen molar-refractivity contribution >= 4 is 5.91 Å². The summed E-state index contributed by atoms with van der Waals surface area (Å²) in [5.74, 6) is 7.30. The standard InChI is InChI=1S/C14H17NO3/c1-11(16)15-10-5-4-7-12-13(17-2)8-6-9-14(12)18-3/h6,8-9H,5,10H2,1-3H3,(H,15,16). The molecule has 1 aromatic carbocycles. The molecule has 0 unspecified atom stereocenters. The van der Waals surface area contributed by atoms with Gasteiger partial charge in [-0.3, -0.25) is 4.79 Å². The first kappa shape index (κ1) is 13.9. The van der Waals surface area contributed by atoms with Gasteiger partial charge in [0.1, 0.15) is 17.1 Å². The van der Waals surface area contributed by atoms with Crippen LogP contribution in [-0.2, 0) is 4.79 Å². The molecule has 0 spiro atoms. The van der Waals surface area contributed by atoms with Gasteiger partial charge in [-0.2, -0.15) is 0 Å². The molecule has 1 rings (SSSR count). The molecule has 1 amide bonds. The van der Waals surface area contributed by atoms with E-state index in [2.05, 4.69) is 17.2 Å². The number of amides is 1. The molecule has 96 valence electrons. The highest BCUT2D eigenvalue weighted by atomic mass is 16.5. The smallest absolute Gasteiger partial charge is 0.216 e. The lowest BCUT2D eigenvalue weighted by atomic mass is 10.1. The predicted octanol–water partition coefficient (Wildman–Crippen LogP) is 1.58. The van der Waals surface area contributed by atoms with Crippen LogP contribution in [-0.4, -0.2) is 26.7 Å². The Balaban J connectivity index is 2.76. The SMILES string of the molecule is COc1cccc(OC)c1C#CCCNC(C)=O. The fraction of sp³-hybridized carbons (Fsp3) is 0.357. The third-order valence-corrected chi connectivity index (χ3v) is 2.27. The highest BCUT2D eigenvalue weighted by Crippen LogP contribution is 2.26. The van der Waals surface area contributed by atoms with Crippen LogP contribution in [0.4, 0.5) is 0 Å². The lowest BCUT2D eigenvalue weighted by Crippen LogP contribution is -2.20. The molecule has 0 bridgehead atoms. The van der Waals surface area contributed by atoms with E-state index in [1.165, 1.54) is 6.92 Å². The fourth-order valence-electron chi connectivity index (χ4n) is 1.43. The van der Waals surface area contributed by atoms with Crippen molar-refractivity contribution in [3.05, 3.63) is 23.8 Å². The van der Waals surface area contributed by atoms with Crippen LogP contribution in [0.1, 0.15) is 18.9 Å². The third-order valence-electron chi connectivity index (χ3n) is 2.27. The molecular formula is C14H17NO3. The zero-order valence-corrected chi connectivity index (χ0v) is 10.9. The predicted molar refractivity (Wildman–Crippen MR) is 69.7 cm³/mol. The number of ether oxygens (including phenoxy) is 2. The molecule has 0 heterocycles. The molecule has 1 N–H and O–H groups in total. The number of carbonyl (C=O) groups excluding carboxylic acids is 1. The maximum Gasteiger partial charge on any atom is 0.216 e. The van der Waals surface area contributed by atoms with Crippen LogP contribution in [0.25, 0.3) is 0 Å². The van der Waals surface area contributed by atoms with Gasteiger partial charge in [-0.05, 0) is 12.1 Å². The molecule has 0 atom stereocenters. The molecule has 1 aromatic rings. The van der Waals surface area contributed by atoms with Crippen LogP contribution in [0.15, 0.2) is 18.2 Å². The Morgan fingerprint density at radius 3 is 2.39 bits per heavy atom. The molecule has 0 radical (unpaired) electrons. The number of carbonyl (C=O) groups is 1. The first-order valence-electron chi connectivity index (χ1n) is 5.63. The zero-order valence-electron chi connectivity index (χ0n) is 10.9. The number of nitrogens with one attached hydrogen (secondary N) is 1. The summed E-state index contributed by atoms with van der Waals surface area (Å²) < 4.78 is 10.5. The van der Waals surface area contributed by atoms with Crippen LogP contribution in [0.2, 0.25) is 0 Å². The maximum atomic E-state index is 10.7. The average Bonchev–Trinajstić information content (AvgIpc) is 2.37. The summed E-state index contributed by atoms with van der Waals surface area (Å²) in [6, 6.07) is 5.51. The Bertz CT molecular complexity index is 449. The van der Waals surface area contributed by atoms with Crippen molar-refractivity contribution in [2.75, 3.05) is 20.8 Å². The minimum Gasteiger partial charge on any atom is -0.495 e. The van der Waals surface area contributed by atoms with Gasteiger partial charge in [-0.25, -0.2) is 0 Å². The lowest BCUT2D eigenvalue weighted by Gasteiger charge is -2.07. The Kier molecular flexibility index (Phi) is 5.59. The second kappa shape index (κ2) is 7.23. The maximum absolute atomic E-state index is 10.7. The topological polar surface area (TPSA) is 47.6 Å². The van der Waals surface area contributed by atoms with Crippen molar-refractivity contribution < 1.29 is 14.3 Å². The van der Waals surface area contributed by atoms with Gasteiger partial charge in [0, 0.05) is 19.9 Å². The first-order valence-corrected chi connectivity index (χ1v) is 5.63. The van der Waals surface area contributed by atoms with E-state index < -0.39 is 0 Å². The molecule has 4 nitrogen and oxygen atoms in total. The number of hydrogen-bond acceptors (Lipinski definition) is 3. The minimum absolute atomic E-state index is 0.0494. The monoisotopic (exact) mass is 247 g/mol. The quantitative estimate of drug-likeness (QED) is 0.649. The minimum atomic E-state index is -0.0494. The second-order valence-corrected chi connectivity index (χ2v) is 3.57. The van der Waals surface area contributed by atoms with Crippen molar-refractivity contribution in [2.24, 2.45) is 0 Å². The van der Waals surface area contributed by atoms with E-state index >= 15 is 0 Å². The second-order valence-electron chi connectivity index (χ2n) is 3.57. The van der Waals surface area contributed by atoms with Crippen LogP contribution < -0.4 is 14.8 Å². The first-order chi connectivity index (χ1) is 8.69. The van der Waals surface area contributed by atoms with Crippen molar-refractivity contribution in [1.82, 2.24) is 5.32 Å². The molecule has 0 aromatic heterocycles. The third kappa shape index (κ3) is 4.02. The molecule has 0 saturated carbocycles. The normalized spacial score (nSPS) is 9.06. The van der Waals surface area contributed by atoms with E-state index in [4.69, 9.17) is 9.47 Å². The molecule has 0 aliphatic rings. The van der Waals surface area contributed by atoms with Gasteiger partial charge in [0.2, 0.25) is 5.91 Å². The largest absolute Gasteiger partial charge is 0.495 e. The van der Waals surface area contributed by atoms with Crippen molar-refractivity contribution in [1.29, 1.82) is 0 Å². The van der Waals surface area contributed by atoms with Gasteiger partial charge in [0.25, 0.3) is 0 Å². The Hall–Kier alpha value is -2.15. The van der Waals surface area contributed by atoms with E-state index in [0.29, 0.717) is 24.5 Å². The Morgan fingerprint density at radius 1 is 1.28 bits per heavy atom. The molecule has 0 aliphatic heterocycles. The number of methoxy groups -OCH3 is 2. The van der Waals surface area contributed by atoms with Gasteiger partial charge in [-0.15, -0.1) is 0 Å². The number of hydrogen-bond donors (Lipinski definition) is 1. The number of benzene rings is 1. The fourth-order valence-corrected chi connectivity index (χ4v) is 1.43. The van der Waals surface area contributed by atoms with Gasteiger partial charge in [0.15, 0.2) is 0 Å². The van der Waals surface area contributed by atoms with E-state index in [1.807, 2.05) is 18.2 Å². The van der Waals surface area contributed by atoms with Crippen molar-refractivity contribution in [3.63, 3.8) is 0 Å². The van der Waals surface area contributed by atoms with Crippen molar-refractivity contribution in [2.45, 2.75) is 13.3 Å². The van der Waals surface area contributed by atoms with E-state index in [1.54, 1.807) is 14.2 Å². The zero-order chi connectivity index (χ0) is 13.4. The van der Waals surface area contributed by atoms with Crippen molar-refractivity contribution in [3.8, 4) is 23.3 Å². The van der Waals surface area contributed by atoms with Crippen LogP contribution in [0.5, 0.6) is 11.5 Å². The summed E-state index contributed by atoms with van der Waals surface area (Å²) in [5.41, 5.74) is 0.727. The van der Waals surface area contributed by atoms with Crippen LogP contribution >= 0.6 is 0 Å². The van der Waals surface area contributed by atoms with Crippen LogP contribution in [0, 0.1) is 11.8 Å². The van der Waals surface area contributed by atoms with Gasteiger partial charge in [-0.1, -0.05) is 17.9 Å². The average molecular weight is 247 g/mol. The summed E-state index contributed by atoms with van der Waals surface area (Å²) in [6.07, 6.45) is 0.584. The summed E-state index contributed by atoms with van der Waals surface area (Å²) in [5, 5.41) is 2.69. The molecule has 18 heavy (non-hydrogen) atoms. The molecule has 0 aliphatic carbocycles. The lowest BCUT2D eigenvalue weighted by molar-refractivity contribution is -0.118. The highest BCUT2D eigenvalue weighted by molar-refractivity contribution is 5.72. The van der Waals surface area contributed by atoms with Gasteiger partial charge >= 0.3 is 0 Å². The molecule has 0 fully saturated rings. The van der Waals surface area contributed by atoms with Gasteiger partial charge < -0.3 is 14.8 Å². The van der Waals surface area contributed by atoms with E-state index in [0.717, 1.165) is 5.56 Å². The molecular weight excluding hydrogens is 230 g/mol. The molecule has 0 saturated heterocycles. The van der Waals surface area contributed by atoms with E-state index in [9.17, 15) is 4.79 Å². The molecule has 4 heteroatoms. The Morgan fingerprint density at radius 2 is 1.89 bits per heavy atom. The summed E-state index contributed by atoms with van der Waals surface area (Å²) in [7, 11) is 3.19. The summed E-state index contributed by atoms with van der Waals surface area (Å²) in [6.45, 7) is 2.02. The van der Waals surface area contributed by atoms with Gasteiger partial charge in [0.05, 0.1) is 14.2 Å². The Labute approximate surface area is 107 Å².